The van der Waals surface area contributed by atoms with Crippen molar-refractivity contribution in [3.63, 3.8) is 0 Å². The molecule has 2 aromatic carbocycles. The van der Waals surface area contributed by atoms with Crippen LogP contribution in [0.5, 0.6) is 0 Å². The third-order valence-corrected chi connectivity index (χ3v) is 9.20. The Kier molecular flexibility index (Phi) is 7.39. The van der Waals surface area contributed by atoms with Crippen molar-refractivity contribution >= 4 is 34.1 Å². The number of rotatable bonds is 7. The van der Waals surface area contributed by atoms with Gasteiger partial charge in [0.15, 0.2) is 0 Å². The van der Waals surface area contributed by atoms with Crippen LogP contribution >= 0.6 is 11.3 Å². The Morgan fingerprint density at radius 1 is 1.10 bits per heavy atom. The van der Waals surface area contributed by atoms with Gasteiger partial charge in [0.1, 0.15) is 0 Å². The molecule has 1 aliphatic heterocycles. The zero-order valence-corrected chi connectivity index (χ0v) is 25.7. The number of amides is 1. The van der Waals surface area contributed by atoms with Gasteiger partial charge in [-0.1, -0.05) is 0 Å². The number of benzene rings is 2. The van der Waals surface area contributed by atoms with Gasteiger partial charge < -0.3 is 0 Å². The number of carbonyl (C=O) groups excluding carboxylic acids is 1. The number of nitrogens with zero attached hydrogens (tertiary/aromatic N) is 5. The van der Waals surface area contributed by atoms with Crippen LogP contribution in [0.4, 0.5) is 0 Å². The third kappa shape index (κ3) is 5.51. The average Bonchev–Trinajstić information content (AvgIpc) is 3.74. The number of hydrogen-bond acceptors (Lipinski definition) is 7. The van der Waals surface area contributed by atoms with Crippen LogP contribution in [-0.4, -0.2) is 54.4 Å². The summed E-state index contributed by atoms with van der Waals surface area (Å²) in [5.74, 6) is 0.972. The zero-order chi connectivity index (χ0) is 27.7. The first-order chi connectivity index (χ1) is 19.4. The van der Waals surface area contributed by atoms with E-state index < -0.39 is 0 Å². The molecule has 0 aliphatic carbocycles. The van der Waals surface area contributed by atoms with E-state index in [1.54, 1.807) is 23.7 Å². The number of pyridine rings is 1. The van der Waals surface area contributed by atoms with Gasteiger partial charge in [-0.2, -0.15) is 0 Å². The van der Waals surface area contributed by atoms with Gasteiger partial charge in [0, 0.05) is 11.1 Å². The minimum atomic E-state index is -0.298. The number of carbonyl (C=O) groups is 1. The van der Waals surface area contributed by atoms with Crippen LogP contribution in [0, 0.1) is 6.92 Å². The van der Waals surface area contributed by atoms with Crippen LogP contribution in [-0.2, 0) is 10.6 Å². The van der Waals surface area contributed by atoms with E-state index in [2.05, 4.69) is 39.2 Å². The quantitative estimate of drug-likeness (QED) is 0.222. The maximum atomic E-state index is 14.0. The van der Waals surface area contributed by atoms with Gasteiger partial charge in [-0.15, -0.1) is 0 Å². The number of aromatic nitrogens is 4. The van der Waals surface area contributed by atoms with E-state index in [0.717, 1.165) is 41.1 Å². The Bertz CT molecular complexity index is 1630. The topological polar surface area (TPSA) is 85.0 Å². The maximum absolute atomic E-state index is 14.0. The van der Waals surface area contributed by atoms with Crippen molar-refractivity contribution in [3.8, 4) is 22.6 Å². The monoisotopic (exact) mass is 611 g/mol. The van der Waals surface area contributed by atoms with E-state index in [9.17, 15) is 4.79 Å². The molecule has 202 valence electrons. The number of aryl methyl sites for hydroxylation is 1. The number of thiazole rings is 1. The second-order valence-corrected chi connectivity index (χ2v) is 14.1. The van der Waals surface area contributed by atoms with Crippen molar-refractivity contribution in [2.75, 3.05) is 6.54 Å². The van der Waals surface area contributed by atoms with E-state index >= 15 is 0 Å². The van der Waals surface area contributed by atoms with Crippen molar-refractivity contribution in [1.82, 2.24) is 25.1 Å². The molecule has 1 amide bonds. The van der Waals surface area contributed by atoms with Gasteiger partial charge in [0.25, 0.3) is 0 Å². The van der Waals surface area contributed by atoms with Gasteiger partial charge in [0.2, 0.25) is 0 Å². The van der Waals surface area contributed by atoms with Crippen molar-refractivity contribution in [1.29, 1.82) is 0 Å². The second kappa shape index (κ2) is 11.1. The molecule has 9 heteroatoms. The van der Waals surface area contributed by atoms with E-state index in [0.29, 0.717) is 29.5 Å². The summed E-state index contributed by atoms with van der Waals surface area (Å²) < 4.78 is 6.00. The molecule has 0 N–H and O–H groups in total. The molecule has 40 heavy (non-hydrogen) atoms. The molecule has 0 spiro atoms. The summed E-state index contributed by atoms with van der Waals surface area (Å²) in [6.07, 6.45) is 6.20. The van der Waals surface area contributed by atoms with E-state index in [4.69, 9.17) is 4.42 Å². The van der Waals surface area contributed by atoms with Gasteiger partial charge in [-0.3, -0.25) is 0 Å². The summed E-state index contributed by atoms with van der Waals surface area (Å²) in [6, 6.07) is 20.0. The Morgan fingerprint density at radius 3 is 2.67 bits per heavy atom. The molecule has 0 bridgehead atoms. The average molecular weight is 612 g/mol. The first kappa shape index (κ1) is 26.6. The fraction of sp³-hybridized carbons (Fsp3) is 0.258. The fourth-order valence-electron chi connectivity index (χ4n) is 5.20. The Labute approximate surface area is 246 Å². The molecular weight excluding hydrogens is 581 g/mol. The van der Waals surface area contributed by atoms with E-state index in [1.807, 2.05) is 65.7 Å². The standard InChI is InChI=1S/C31H30AsN5O2S/c1-20-19-40-28(34-20)26-11-7-13-37(26)29(38)25-15-23(22-10-6-12-33-18-22)14-24(16-25)27-35-36-30(39-27)31(2,32)17-21-8-4-3-5-9-21/h3-6,8-10,12,14-16,18-19,26H,7,11,13,17,32H2,1-2H3. The van der Waals surface area contributed by atoms with Crippen molar-refractivity contribution in [3.05, 3.63) is 106 Å². The SMILES string of the molecule is Cc1csc(C2CCCN2C(=O)c2cc(-c3cccnc3)cc(-c3nnc(C(C)([AsH2])Cc4ccccc4)o3)c2)n1. The first-order valence-electron chi connectivity index (χ1n) is 13.3. The van der Waals surface area contributed by atoms with Crippen LogP contribution in [0.15, 0.2) is 82.9 Å². The molecule has 0 radical (unpaired) electrons. The molecule has 3 unspecified atom stereocenters. The predicted molar refractivity (Wildman–Crippen MR) is 159 cm³/mol. The van der Waals surface area contributed by atoms with Crippen LogP contribution in [0.3, 0.4) is 0 Å². The Balaban J connectivity index is 1.36. The summed E-state index contributed by atoms with van der Waals surface area (Å²) in [7, 11) is 0. The predicted octanol–water partition coefficient (Wildman–Crippen LogP) is 5.63. The molecule has 5 aromatic rings. The van der Waals surface area contributed by atoms with E-state index in [-0.39, 0.29) is 16.2 Å². The molecule has 4 heterocycles. The number of likely N-dealkylation sites (tertiary alicyclic amines) is 1. The summed E-state index contributed by atoms with van der Waals surface area (Å²) in [6.45, 7) is 4.83. The number of hydrogen-bond donors (Lipinski definition) is 0. The van der Waals surface area contributed by atoms with Crippen molar-refractivity contribution in [2.24, 2.45) is 0 Å². The first-order valence-corrected chi connectivity index (χ1v) is 15.4. The van der Waals surface area contributed by atoms with Crippen LogP contribution < -0.4 is 0 Å². The molecule has 6 rings (SSSR count). The molecular formula is C31H30AsN5O2S. The van der Waals surface area contributed by atoms with Crippen molar-refractivity contribution < 1.29 is 9.21 Å². The zero-order valence-electron chi connectivity index (χ0n) is 22.4. The Hall–Kier alpha value is -3.61. The van der Waals surface area contributed by atoms with Crippen LogP contribution in [0.1, 0.15) is 58.3 Å². The summed E-state index contributed by atoms with van der Waals surface area (Å²) in [5.41, 5.74) is 5.30. The summed E-state index contributed by atoms with van der Waals surface area (Å²) >= 11 is 3.16. The molecule has 1 aliphatic rings. The fourth-order valence-corrected chi connectivity index (χ4v) is 6.88. The molecule has 7 nitrogen and oxygen atoms in total. The molecule has 1 fully saturated rings. The molecule has 3 atom stereocenters. The third-order valence-electron chi connectivity index (χ3n) is 7.19. The van der Waals surface area contributed by atoms with Gasteiger partial charge in [0.05, 0.1) is 0 Å². The molecule has 0 saturated carbocycles. The van der Waals surface area contributed by atoms with Gasteiger partial charge in [-0.25, -0.2) is 0 Å². The minimum absolute atomic E-state index is 0.00674. The Morgan fingerprint density at radius 2 is 1.93 bits per heavy atom. The van der Waals surface area contributed by atoms with Gasteiger partial charge >= 0.3 is 229 Å². The van der Waals surface area contributed by atoms with Crippen molar-refractivity contribution in [2.45, 2.75) is 43.4 Å². The second-order valence-electron chi connectivity index (χ2n) is 10.5. The molecule has 1 saturated heterocycles. The van der Waals surface area contributed by atoms with Gasteiger partial charge in [-0.05, 0) is 6.92 Å². The summed E-state index contributed by atoms with van der Waals surface area (Å²) in [5, 5.41) is 11.9. The molecule has 3 aromatic heterocycles. The normalized spacial score (nSPS) is 16.7. The van der Waals surface area contributed by atoms with Crippen LogP contribution in [0.2, 0.25) is 0 Å². The summed E-state index contributed by atoms with van der Waals surface area (Å²) in [4.78, 5) is 24.9. The van der Waals surface area contributed by atoms with Crippen LogP contribution in [0.25, 0.3) is 22.6 Å². The van der Waals surface area contributed by atoms with E-state index in [1.165, 1.54) is 22.4 Å².